The molecule has 2 aliphatic rings. The highest BCUT2D eigenvalue weighted by molar-refractivity contribution is 5.79. The lowest BCUT2D eigenvalue weighted by Gasteiger charge is -2.35. The molecule has 0 spiro atoms. The third-order valence-electron chi connectivity index (χ3n) is 6.38. The molecule has 0 radical (unpaired) electrons. The molecule has 1 aromatic carbocycles. The molecule has 6 heteroatoms. The number of fused-ring (bicyclic) bond motifs is 1. The summed E-state index contributed by atoms with van der Waals surface area (Å²) in [6.45, 7) is 2.21. The van der Waals surface area contributed by atoms with Gasteiger partial charge < -0.3 is 0 Å². The van der Waals surface area contributed by atoms with Gasteiger partial charge in [-0.15, -0.1) is 5.10 Å². The van der Waals surface area contributed by atoms with Gasteiger partial charge in [-0.3, -0.25) is 9.88 Å². The van der Waals surface area contributed by atoms with E-state index in [4.69, 9.17) is 0 Å². The second-order valence-corrected chi connectivity index (χ2v) is 8.23. The van der Waals surface area contributed by atoms with Crippen LogP contribution in [0.2, 0.25) is 0 Å². The first kappa shape index (κ1) is 17.7. The minimum Gasteiger partial charge on any atom is -0.290 e. The monoisotopic (exact) mass is 376 g/mol. The molecule has 28 heavy (non-hydrogen) atoms. The smallest absolute Gasteiger partial charge is 0.173 e. The molecule has 6 nitrogen and oxygen atoms in total. The van der Waals surface area contributed by atoms with E-state index in [-0.39, 0.29) is 6.04 Å². The van der Waals surface area contributed by atoms with E-state index in [9.17, 15) is 0 Å². The summed E-state index contributed by atoms with van der Waals surface area (Å²) in [5.41, 5.74) is 2.31. The summed E-state index contributed by atoms with van der Waals surface area (Å²) < 4.78 is 2.14. The van der Waals surface area contributed by atoms with Crippen LogP contribution in [0.25, 0.3) is 10.9 Å². The Labute approximate surface area is 166 Å². The fraction of sp³-hybridized carbons (Fsp3) is 0.545. The number of likely N-dealkylation sites (tertiary alicyclic amines) is 1. The Balaban J connectivity index is 1.57. The second kappa shape index (κ2) is 7.95. The lowest BCUT2D eigenvalue weighted by molar-refractivity contribution is 0.172. The Morgan fingerprint density at radius 1 is 0.929 bits per heavy atom. The van der Waals surface area contributed by atoms with Crippen molar-refractivity contribution in [2.45, 2.75) is 63.5 Å². The quantitative estimate of drug-likeness (QED) is 0.679. The minimum atomic E-state index is 0.113. The van der Waals surface area contributed by atoms with Gasteiger partial charge in [0.15, 0.2) is 5.82 Å². The van der Waals surface area contributed by atoms with Gasteiger partial charge in [0.25, 0.3) is 0 Å². The molecule has 0 bridgehead atoms. The van der Waals surface area contributed by atoms with Crippen molar-refractivity contribution < 1.29 is 0 Å². The van der Waals surface area contributed by atoms with Crippen molar-refractivity contribution >= 4 is 10.9 Å². The van der Waals surface area contributed by atoms with Crippen LogP contribution in [0, 0.1) is 0 Å². The van der Waals surface area contributed by atoms with Crippen LogP contribution >= 0.6 is 0 Å². The average Bonchev–Trinajstić information content (AvgIpc) is 3.25. The summed E-state index contributed by atoms with van der Waals surface area (Å²) in [7, 11) is 0. The Bertz CT molecular complexity index is 923. The fourth-order valence-corrected chi connectivity index (χ4v) is 4.93. The first-order valence-corrected chi connectivity index (χ1v) is 10.8. The summed E-state index contributed by atoms with van der Waals surface area (Å²) in [6.07, 6.45) is 11.9. The van der Waals surface area contributed by atoms with Crippen LogP contribution in [0.15, 0.2) is 36.5 Å². The molecule has 0 N–H and O–H groups in total. The molecule has 3 heterocycles. The second-order valence-electron chi connectivity index (χ2n) is 8.23. The maximum Gasteiger partial charge on any atom is 0.173 e. The number of hydrogen-bond donors (Lipinski definition) is 0. The number of benzene rings is 1. The molecular weight excluding hydrogens is 348 g/mol. The third kappa shape index (κ3) is 3.41. The number of piperidine rings is 1. The highest BCUT2D eigenvalue weighted by Gasteiger charge is 2.31. The molecule has 0 amide bonds. The zero-order chi connectivity index (χ0) is 18.8. The largest absolute Gasteiger partial charge is 0.290 e. The lowest BCUT2D eigenvalue weighted by atomic mass is 9.94. The van der Waals surface area contributed by atoms with E-state index in [1.54, 1.807) is 0 Å². The van der Waals surface area contributed by atoms with Gasteiger partial charge in [-0.25, -0.2) is 4.68 Å². The van der Waals surface area contributed by atoms with Crippen molar-refractivity contribution in [1.29, 1.82) is 0 Å². The van der Waals surface area contributed by atoms with Gasteiger partial charge in [0.05, 0.1) is 17.6 Å². The van der Waals surface area contributed by atoms with Crippen LogP contribution in [0.1, 0.15) is 74.8 Å². The molecule has 1 atom stereocenters. The number of rotatable bonds is 4. The average molecular weight is 377 g/mol. The van der Waals surface area contributed by atoms with Crippen LogP contribution in [0.3, 0.4) is 0 Å². The lowest BCUT2D eigenvalue weighted by Crippen LogP contribution is -2.36. The number of nitrogens with zero attached hydrogens (tertiary/aromatic N) is 6. The van der Waals surface area contributed by atoms with Gasteiger partial charge in [-0.2, -0.15) is 0 Å². The normalized spacial score (nSPS) is 20.4. The van der Waals surface area contributed by atoms with Gasteiger partial charge in [0.1, 0.15) is 0 Å². The Kier molecular flexibility index (Phi) is 5.04. The van der Waals surface area contributed by atoms with E-state index in [2.05, 4.69) is 54.4 Å². The van der Waals surface area contributed by atoms with Crippen molar-refractivity contribution in [3.8, 4) is 0 Å². The first-order valence-electron chi connectivity index (χ1n) is 10.8. The maximum absolute atomic E-state index is 4.57. The molecule has 5 rings (SSSR count). The highest BCUT2D eigenvalue weighted by Crippen LogP contribution is 2.35. The van der Waals surface area contributed by atoms with Crippen molar-refractivity contribution in [2.75, 3.05) is 13.1 Å². The van der Waals surface area contributed by atoms with Crippen LogP contribution in [-0.4, -0.2) is 43.2 Å². The van der Waals surface area contributed by atoms with Gasteiger partial charge in [0, 0.05) is 11.6 Å². The maximum atomic E-state index is 4.57. The van der Waals surface area contributed by atoms with Crippen molar-refractivity contribution in [2.24, 2.45) is 0 Å². The van der Waals surface area contributed by atoms with Crippen LogP contribution < -0.4 is 0 Å². The topological polar surface area (TPSA) is 59.7 Å². The van der Waals surface area contributed by atoms with E-state index in [1.165, 1.54) is 62.3 Å². The summed E-state index contributed by atoms with van der Waals surface area (Å²) in [5.74, 6) is 1.01. The molecule has 0 unspecified atom stereocenters. The number of hydrogen-bond acceptors (Lipinski definition) is 5. The predicted octanol–water partition coefficient (Wildman–Crippen LogP) is 4.30. The number of aromatic nitrogens is 5. The van der Waals surface area contributed by atoms with E-state index in [1.807, 2.05) is 12.3 Å². The molecule has 1 aliphatic carbocycles. The van der Waals surface area contributed by atoms with Crippen molar-refractivity contribution in [3.05, 3.63) is 47.9 Å². The Hall–Kier alpha value is -2.34. The molecule has 2 fully saturated rings. The molecule has 1 saturated carbocycles. The summed E-state index contributed by atoms with van der Waals surface area (Å²) >= 11 is 0. The number of pyridine rings is 1. The molecule has 2 aromatic heterocycles. The first-order chi connectivity index (χ1) is 13.9. The predicted molar refractivity (Wildman–Crippen MR) is 109 cm³/mol. The zero-order valence-electron chi connectivity index (χ0n) is 16.4. The van der Waals surface area contributed by atoms with Gasteiger partial charge in [-0.05, 0) is 73.0 Å². The van der Waals surface area contributed by atoms with E-state index >= 15 is 0 Å². The SMILES string of the molecule is c1cnc2ccc([C@H](c3nnnn3C3CCCCC3)N3CCCCC3)cc2c1. The highest BCUT2D eigenvalue weighted by atomic mass is 15.6. The summed E-state index contributed by atoms with van der Waals surface area (Å²) in [6, 6.07) is 11.3. The van der Waals surface area contributed by atoms with Crippen LogP contribution in [0.4, 0.5) is 0 Å². The molecule has 3 aromatic rings. The molecule has 1 saturated heterocycles. The standard InChI is InChI=1S/C22H28N6/c1-3-9-19(10-4-1)28-22(24-25-26-28)21(27-14-5-2-6-15-27)18-11-12-20-17(16-18)8-7-13-23-20/h7-8,11-13,16,19,21H,1-6,9-10,14-15H2/t21-/m1/s1. The fourth-order valence-electron chi connectivity index (χ4n) is 4.93. The van der Waals surface area contributed by atoms with E-state index in [0.29, 0.717) is 6.04 Å². The number of tetrazole rings is 1. The van der Waals surface area contributed by atoms with E-state index < -0.39 is 0 Å². The Morgan fingerprint density at radius 2 is 1.75 bits per heavy atom. The van der Waals surface area contributed by atoms with Crippen LogP contribution in [-0.2, 0) is 0 Å². The van der Waals surface area contributed by atoms with Crippen molar-refractivity contribution in [1.82, 2.24) is 30.1 Å². The zero-order valence-corrected chi connectivity index (χ0v) is 16.4. The van der Waals surface area contributed by atoms with Crippen molar-refractivity contribution in [3.63, 3.8) is 0 Å². The van der Waals surface area contributed by atoms with Gasteiger partial charge in [0.2, 0.25) is 0 Å². The van der Waals surface area contributed by atoms with Gasteiger partial charge in [-0.1, -0.05) is 37.8 Å². The van der Waals surface area contributed by atoms with Gasteiger partial charge >= 0.3 is 0 Å². The summed E-state index contributed by atoms with van der Waals surface area (Å²) in [4.78, 5) is 7.06. The third-order valence-corrected chi connectivity index (χ3v) is 6.38. The minimum absolute atomic E-state index is 0.113. The molecule has 146 valence electrons. The Morgan fingerprint density at radius 3 is 2.61 bits per heavy atom. The molecule has 1 aliphatic heterocycles. The van der Waals surface area contributed by atoms with Crippen LogP contribution in [0.5, 0.6) is 0 Å². The molecular formula is C22H28N6. The van der Waals surface area contributed by atoms with E-state index in [0.717, 1.165) is 24.4 Å². The summed E-state index contributed by atoms with van der Waals surface area (Å²) in [5, 5.41) is 14.3.